The summed E-state index contributed by atoms with van der Waals surface area (Å²) in [4.78, 5) is 20.2. The van der Waals surface area contributed by atoms with E-state index < -0.39 is 0 Å². The van der Waals surface area contributed by atoms with E-state index in [1.54, 1.807) is 0 Å². The van der Waals surface area contributed by atoms with Crippen molar-refractivity contribution in [2.45, 2.75) is 77.7 Å². The van der Waals surface area contributed by atoms with E-state index in [9.17, 15) is 4.79 Å². The third-order valence-electron chi connectivity index (χ3n) is 7.57. The zero-order valence-corrected chi connectivity index (χ0v) is 20.6. The highest BCUT2D eigenvalue weighted by Crippen LogP contribution is 2.30. The fourth-order valence-corrected chi connectivity index (χ4v) is 5.69. The van der Waals surface area contributed by atoms with E-state index in [4.69, 9.17) is 10.1 Å². The van der Waals surface area contributed by atoms with Gasteiger partial charge in [0.05, 0.1) is 11.6 Å². The third-order valence-corrected chi connectivity index (χ3v) is 7.57. The second-order valence-electron chi connectivity index (χ2n) is 10.3. The number of hydrogen-bond donors (Lipinski definition) is 1. The summed E-state index contributed by atoms with van der Waals surface area (Å²) in [5.41, 5.74) is 5.59. The molecule has 1 N–H and O–H groups in total. The minimum Gasteiger partial charge on any atom is -0.354 e. The van der Waals surface area contributed by atoms with Crippen LogP contribution < -0.4 is 10.2 Å². The molecule has 2 aliphatic rings. The fourth-order valence-electron chi connectivity index (χ4n) is 5.69. The summed E-state index contributed by atoms with van der Waals surface area (Å²) in [6.07, 6.45) is 14.3. The topological polar surface area (TPSA) is 62.5 Å². The van der Waals surface area contributed by atoms with Crippen molar-refractivity contribution in [3.8, 4) is 11.3 Å². The summed E-state index contributed by atoms with van der Waals surface area (Å²) < 4.78 is 1.93. The average Bonchev–Trinajstić information content (AvgIpc) is 3.25. The number of piperidine rings is 1. The molecule has 1 saturated heterocycles. The summed E-state index contributed by atoms with van der Waals surface area (Å²) in [7, 11) is 0. The lowest BCUT2D eigenvalue weighted by Gasteiger charge is -2.34. The molecule has 5 rings (SSSR count). The molecule has 180 valence electrons. The quantitative estimate of drug-likeness (QED) is 0.563. The lowest BCUT2D eigenvalue weighted by molar-refractivity contribution is -0.126. The van der Waals surface area contributed by atoms with E-state index in [1.807, 2.05) is 16.9 Å². The Morgan fingerprint density at radius 1 is 1.00 bits per heavy atom. The van der Waals surface area contributed by atoms with Crippen molar-refractivity contribution >= 4 is 17.2 Å². The number of carbonyl (C=O) groups excluding carboxylic acids is 1. The van der Waals surface area contributed by atoms with Crippen LogP contribution in [0.15, 0.2) is 36.7 Å². The molecular weight excluding hydrogens is 422 g/mol. The molecule has 2 fully saturated rings. The van der Waals surface area contributed by atoms with E-state index in [0.29, 0.717) is 6.04 Å². The number of carbonyl (C=O) groups is 1. The van der Waals surface area contributed by atoms with E-state index in [2.05, 4.69) is 48.3 Å². The maximum Gasteiger partial charge on any atom is 0.225 e. The Morgan fingerprint density at radius 3 is 2.59 bits per heavy atom. The van der Waals surface area contributed by atoms with E-state index in [0.717, 1.165) is 61.4 Å². The lowest BCUT2D eigenvalue weighted by atomic mass is 9.94. The summed E-state index contributed by atoms with van der Waals surface area (Å²) in [6.45, 7) is 5.89. The minimum absolute atomic E-state index is 0.0166. The van der Waals surface area contributed by atoms with Gasteiger partial charge in [-0.25, -0.2) is 9.50 Å². The van der Waals surface area contributed by atoms with Gasteiger partial charge in [0.15, 0.2) is 5.82 Å². The maximum absolute atomic E-state index is 13.2. The number of anilines is 1. The number of nitrogens with zero attached hydrogens (tertiary/aromatic N) is 4. The van der Waals surface area contributed by atoms with Gasteiger partial charge < -0.3 is 10.2 Å². The van der Waals surface area contributed by atoms with Crippen LogP contribution in [-0.4, -0.2) is 39.6 Å². The molecule has 0 bridgehead atoms. The van der Waals surface area contributed by atoms with Crippen molar-refractivity contribution in [2.24, 2.45) is 5.92 Å². The van der Waals surface area contributed by atoms with Crippen LogP contribution in [0.3, 0.4) is 0 Å². The first-order chi connectivity index (χ1) is 16.6. The van der Waals surface area contributed by atoms with Crippen molar-refractivity contribution in [2.75, 3.05) is 18.0 Å². The summed E-state index contributed by atoms with van der Waals surface area (Å²) in [5.74, 6) is 1.17. The van der Waals surface area contributed by atoms with Gasteiger partial charge in [-0.2, -0.15) is 5.10 Å². The number of aryl methyl sites for hydroxylation is 2. The van der Waals surface area contributed by atoms with Crippen LogP contribution >= 0.6 is 0 Å². The zero-order valence-electron chi connectivity index (χ0n) is 20.6. The normalized spacial score (nSPS) is 20.2. The van der Waals surface area contributed by atoms with Gasteiger partial charge in [0.1, 0.15) is 5.52 Å². The molecule has 1 aliphatic carbocycles. The second kappa shape index (κ2) is 10.2. The number of benzene rings is 1. The molecule has 0 unspecified atom stereocenters. The largest absolute Gasteiger partial charge is 0.354 e. The van der Waals surface area contributed by atoms with Crippen molar-refractivity contribution < 1.29 is 4.79 Å². The Hall–Kier alpha value is -2.89. The number of aromatic nitrogens is 3. The summed E-state index contributed by atoms with van der Waals surface area (Å²) in [6, 6.07) is 8.96. The third kappa shape index (κ3) is 4.96. The van der Waals surface area contributed by atoms with E-state index in [1.165, 1.54) is 43.2 Å². The van der Waals surface area contributed by atoms with Crippen molar-refractivity contribution in [1.29, 1.82) is 0 Å². The molecule has 1 aromatic carbocycles. The van der Waals surface area contributed by atoms with Gasteiger partial charge in [0, 0.05) is 37.1 Å². The summed E-state index contributed by atoms with van der Waals surface area (Å²) in [5, 5.41) is 8.25. The molecule has 3 aromatic rings. The average molecular weight is 460 g/mol. The van der Waals surface area contributed by atoms with Crippen molar-refractivity contribution in [3.05, 3.63) is 47.8 Å². The monoisotopic (exact) mass is 459 g/mol. The van der Waals surface area contributed by atoms with Gasteiger partial charge in [-0.15, -0.1) is 0 Å². The van der Waals surface area contributed by atoms with Crippen LogP contribution in [0.1, 0.15) is 68.9 Å². The molecule has 0 spiro atoms. The molecule has 0 radical (unpaired) electrons. The van der Waals surface area contributed by atoms with Gasteiger partial charge in [-0.3, -0.25) is 4.79 Å². The molecule has 1 saturated carbocycles. The Kier molecular flexibility index (Phi) is 6.84. The fraction of sp³-hybridized carbons (Fsp3) is 0.536. The predicted molar refractivity (Wildman–Crippen MR) is 137 cm³/mol. The highest BCUT2D eigenvalue weighted by molar-refractivity contribution is 5.81. The Labute approximate surface area is 202 Å². The number of hydrogen-bond acceptors (Lipinski definition) is 4. The highest BCUT2D eigenvalue weighted by atomic mass is 16.2. The van der Waals surface area contributed by atoms with Gasteiger partial charge >= 0.3 is 0 Å². The van der Waals surface area contributed by atoms with Crippen LogP contribution in [0, 0.1) is 19.8 Å². The predicted octanol–water partition coefficient (Wildman–Crippen LogP) is 5.46. The van der Waals surface area contributed by atoms with Gasteiger partial charge in [0.2, 0.25) is 5.91 Å². The van der Waals surface area contributed by atoms with E-state index >= 15 is 0 Å². The number of rotatable bonds is 4. The molecule has 2 aromatic heterocycles. The molecule has 1 atom stereocenters. The minimum atomic E-state index is 0.0166. The first kappa shape index (κ1) is 22.9. The van der Waals surface area contributed by atoms with Gasteiger partial charge in [-0.1, -0.05) is 55.9 Å². The van der Waals surface area contributed by atoms with Crippen LogP contribution in [0.2, 0.25) is 0 Å². The van der Waals surface area contributed by atoms with Crippen LogP contribution in [0.4, 0.5) is 5.82 Å². The first-order valence-electron chi connectivity index (χ1n) is 13.1. The SMILES string of the molecule is Cc1ccc(-c2cc3c(N4CCC[C@H](C(=O)NC5CCCCCCC5)C4)nccn3n2)c(C)c1. The smallest absolute Gasteiger partial charge is 0.225 e. The highest BCUT2D eigenvalue weighted by Gasteiger charge is 2.29. The lowest BCUT2D eigenvalue weighted by Crippen LogP contribution is -2.46. The number of fused-ring (bicyclic) bond motifs is 1. The molecule has 6 heteroatoms. The number of amides is 1. The molecule has 34 heavy (non-hydrogen) atoms. The molecular formula is C28H37N5O. The molecule has 3 heterocycles. The van der Waals surface area contributed by atoms with Crippen LogP contribution in [-0.2, 0) is 4.79 Å². The van der Waals surface area contributed by atoms with Crippen molar-refractivity contribution in [3.63, 3.8) is 0 Å². The van der Waals surface area contributed by atoms with Gasteiger partial charge in [0.25, 0.3) is 0 Å². The maximum atomic E-state index is 13.2. The van der Waals surface area contributed by atoms with E-state index in [-0.39, 0.29) is 11.8 Å². The molecule has 1 aliphatic heterocycles. The Morgan fingerprint density at radius 2 is 1.79 bits per heavy atom. The van der Waals surface area contributed by atoms with Gasteiger partial charge in [-0.05, 0) is 51.2 Å². The van der Waals surface area contributed by atoms with Crippen LogP contribution in [0.5, 0.6) is 0 Å². The Balaban J connectivity index is 1.34. The standard InChI is InChI=1S/C28H37N5O/c1-20-12-13-24(21(2)17-20)25-18-26-27(29-14-16-33(26)31-25)32-15-8-9-22(19-32)28(34)30-23-10-6-4-3-5-7-11-23/h12-14,16-18,22-23H,3-11,15,19H2,1-2H3,(H,30,34)/t22-/m0/s1. The molecule has 6 nitrogen and oxygen atoms in total. The first-order valence-corrected chi connectivity index (χ1v) is 13.1. The Bertz CT molecular complexity index is 1140. The molecule has 1 amide bonds. The van der Waals surface area contributed by atoms with Crippen LogP contribution in [0.25, 0.3) is 16.8 Å². The zero-order chi connectivity index (χ0) is 23.5. The second-order valence-corrected chi connectivity index (χ2v) is 10.3. The van der Waals surface area contributed by atoms with Crippen molar-refractivity contribution in [1.82, 2.24) is 19.9 Å². The number of nitrogens with one attached hydrogen (secondary N) is 1. The summed E-state index contributed by atoms with van der Waals surface area (Å²) >= 11 is 0.